The Morgan fingerprint density at radius 1 is 1.25 bits per heavy atom. The number of alkyl halides is 3. The van der Waals surface area contributed by atoms with Gasteiger partial charge in [0.25, 0.3) is 0 Å². The summed E-state index contributed by atoms with van der Waals surface area (Å²) in [5.74, 6) is 0.263. The number of nitrogens with zero attached hydrogens (tertiary/aromatic N) is 1. The Morgan fingerprint density at radius 2 is 1.90 bits per heavy atom. The lowest BCUT2D eigenvalue weighted by molar-refractivity contribution is -0.138. The molecule has 112 valence electrons. The quantitative estimate of drug-likeness (QED) is 0.855. The highest BCUT2D eigenvalue weighted by Gasteiger charge is 2.35. The molecule has 1 fully saturated rings. The summed E-state index contributed by atoms with van der Waals surface area (Å²) in [5.41, 5.74) is 6.37. The lowest BCUT2D eigenvalue weighted by atomic mass is 9.87. The van der Waals surface area contributed by atoms with Gasteiger partial charge in [0, 0.05) is 24.3 Å². The summed E-state index contributed by atoms with van der Waals surface area (Å²) in [5, 5.41) is 0. The van der Waals surface area contributed by atoms with Crippen molar-refractivity contribution in [3.8, 4) is 0 Å². The molecule has 0 bridgehead atoms. The molecule has 2 N–H and O–H groups in total. The zero-order valence-electron chi connectivity index (χ0n) is 12.0. The highest BCUT2D eigenvalue weighted by atomic mass is 19.4. The summed E-state index contributed by atoms with van der Waals surface area (Å²) in [6, 6.07) is 4.83. The van der Waals surface area contributed by atoms with Crippen LogP contribution >= 0.6 is 0 Å². The second kappa shape index (κ2) is 5.28. The third-order valence-corrected chi connectivity index (χ3v) is 4.49. The van der Waals surface area contributed by atoms with Crippen LogP contribution in [0.2, 0.25) is 0 Å². The van der Waals surface area contributed by atoms with Gasteiger partial charge in [-0.15, -0.1) is 0 Å². The van der Waals surface area contributed by atoms with E-state index in [-0.39, 0.29) is 23.6 Å². The summed E-state index contributed by atoms with van der Waals surface area (Å²) in [4.78, 5) is 2.03. The average molecular weight is 286 g/mol. The molecule has 0 amide bonds. The Hall–Kier alpha value is -1.23. The van der Waals surface area contributed by atoms with E-state index in [0.717, 1.165) is 6.42 Å². The van der Waals surface area contributed by atoms with E-state index in [0.29, 0.717) is 12.2 Å². The Balaban J connectivity index is 2.34. The largest absolute Gasteiger partial charge is 0.416 e. The number of aryl methyl sites for hydroxylation is 1. The second-order valence-electron chi connectivity index (χ2n) is 5.74. The highest BCUT2D eigenvalue weighted by Crippen LogP contribution is 2.36. The van der Waals surface area contributed by atoms with Crippen LogP contribution in [0.15, 0.2) is 18.2 Å². The first-order valence-corrected chi connectivity index (χ1v) is 6.92. The normalized spacial score (nSPS) is 27.8. The summed E-state index contributed by atoms with van der Waals surface area (Å²) < 4.78 is 39.0. The van der Waals surface area contributed by atoms with E-state index in [2.05, 4.69) is 6.92 Å². The van der Waals surface area contributed by atoms with Crippen LogP contribution in [0.4, 0.5) is 18.9 Å². The predicted molar refractivity (Wildman–Crippen MR) is 74.7 cm³/mol. The SMILES string of the molecule is Cc1ccc(N2CCC(N)C(C)C2C)cc1C(F)(F)F. The smallest absolute Gasteiger partial charge is 0.368 e. The van der Waals surface area contributed by atoms with Gasteiger partial charge in [-0.1, -0.05) is 13.0 Å². The average Bonchev–Trinajstić information content (AvgIpc) is 2.36. The molecule has 1 aliphatic heterocycles. The van der Waals surface area contributed by atoms with Gasteiger partial charge >= 0.3 is 6.18 Å². The molecule has 3 atom stereocenters. The Morgan fingerprint density at radius 3 is 2.50 bits per heavy atom. The van der Waals surface area contributed by atoms with Crippen LogP contribution in [-0.4, -0.2) is 18.6 Å². The molecule has 1 aromatic carbocycles. The van der Waals surface area contributed by atoms with Crippen LogP contribution in [0.25, 0.3) is 0 Å². The maximum atomic E-state index is 13.0. The van der Waals surface area contributed by atoms with Crippen molar-refractivity contribution in [2.75, 3.05) is 11.4 Å². The standard InChI is InChI=1S/C15H21F3N2/c1-9-4-5-12(8-13(9)15(16,17)18)20-7-6-14(19)10(2)11(20)3/h4-5,8,10-11,14H,6-7,19H2,1-3H3. The van der Waals surface area contributed by atoms with Crippen LogP contribution in [0, 0.1) is 12.8 Å². The van der Waals surface area contributed by atoms with Crippen molar-refractivity contribution < 1.29 is 13.2 Å². The third-order valence-electron chi connectivity index (χ3n) is 4.49. The van der Waals surface area contributed by atoms with E-state index in [4.69, 9.17) is 5.73 Å². The highest BCUT2D eigenvalue weighted by molar-refractivity contribution is 5.53. The number of nitrogens with two attached hydrogens (primary N) is 1. The molecule has 0 aliphatic carbocycles. The van der Waals surface area contributed by atoms with Crippen molar-refractivity contribution in [1.29, 1.82) is 0 Å². The van der Waals surface area contributed by atoms with Crippen molar-refractivity contribution in [2.45, 2.75) is 45.5 Å². The molecule has 1 saturated heterocycles. The summed E-state index contributed by atoms with van der Waals surface area (Å²) in [7, 11) is 0. The zero-order valence-corrected chi connectivity index (χ0v) is 12.0. The summed E-state index contributed by atoms with van der Waals surface area (Å²) in [6.45, 7) is 6.27. The molecule has 0 aromatic heterocycles. The van der Waals surface area contributed by atoms with E-state index < -0.39 is 11.7 Å². The van der Waals surface area contributed by atoms with Gasteiger partial charge in [0.1, 0.15) is 0 Å². The van der Waals surface area contributed by atoms with E-state index in [1.54, 1.807) is 12.1 Å². The van der Waals surface area contributed by atoms with Crippen LogP contribution in [0.1, 0.15) is 31.4 Å². The first-order valence-electron chi connectivity index (χ1n) is 6.92. The van der Waals surface area contributed by atoms with E-state index in [1.165, 1.54) is 13.0 Å². The van der Waals surface area contributed by atoms with Crippen molar-refractivity contribution in [3.05, 3.63) is 29.3 Å². The van der Waals surface area contributed by atoms with E-state index >= 15 is 0 Å². The minimum absolute atomic E-state index is 0.119. The fourth-order valence-electron chi connectivity index (χ4n) is 2.85. The molecule has 2 rings (SSSR count). The first-order chi connectivity index (χ1) is 9.21. The van der Waals surface area contributed by atoms with E-state index in [9.17, 15) is 13.2 Å². The molecular formula is C15H21F3N2. The topological polar surface area (TPSA) is 29.3 Å². The van der Waals surface area contributed by atoms with Gasteiger partial charge in [-0.3, -0.25) is 0 Å². The fraction of sp³-hybridized carbons (Fsp3) is 0.600. The number of anilines is 1. The lowest BCUT2D eigenvalue weighted by Gasteiger charge is -2.43. The molecule has 5 heteroatoms. The van der Waals surface area contributed by atoms with Crippen LogP contribution < -0.4 is 10.6 Å². The Kier molecular flexibility index (Phi) is 4.00. The zero-order chi connectivity index (χ0) is 15.1. The van der Waals surface area contributed by atoms with Gasteiger partial charge in [0.15, 0.2) is 0 Å². The molecule has 1 heterocycles. The number of halogens is 3. The molecule has 1 aromatic rings. The van der Waals surface area contributed by atoms with Gasteiger partial charge in [-0.2, -0.15) is 13.2 Å². The molecule has 0 spiro atoms. The van der Waals surface area contributed by atoms with Crippen molar-refractivity contribution in [1.82, 2.24) is 0 Å². The second-order valence-corrected chi connectivity index (χ2v) is 5.74. The molecule has 2 nitrogen and oxygen atoms in total. The Bertz CT molecular complexity index is 484. The molecule has 0 radical (unpaired) electrons. The van der Waals surface area contributed by atoms with Gasteiger partial charge in [0.2, 0.25) is 0 Å². The summed E-state index contributed by atoms with van der Waals surface area (Å²) in [6.07, 6.45) is -3.50. The van der Waals surface area contributed by atoms with Crippen LogP contribution in [-0.2, 0) is 6.18 Å². The molecule has 1 aliphatic rings. The number of piperidine rings is 1. The first kappa shape index (κ1) is 15.2. The van der Waals surface area contributed by atoms with Gasteiger partial charge in [-0.05, 0) is 43.9 Å². The monoisotopic (exact) mass is 286 g/mol. The van der Waals surface area contributed by atoms with Crippen molar-refractivity contribution >= 4 is 5.69 Å². The van der Waals surface area contributed by atoms with Crippen LogP contribution in [0.5, 0.6) is 0 Å². The van der Waals surface area contributed by atoms with Gasteiger partial charge < -0.3 is 10.6 Å². The Labute approximate surface area is 117 Å². The third kappa shape index (κ3) is 2.77. The number of hydrogen-bond acceptors (Lipinski definition) is 2. The minimum Gasteiger partial charge on any atom is -0.368 e. The number of hydrogen-bond donors (Lipinski definition) is 1. The lowest BCUT2D eigenvalue weighted by Crippen LogP contribution is -2.51. The van der Waals surface area contributed by atoms with Crippen molar-refractivity contribution in [2.24, 2.45) is 11.7 Å². The molecule has 3 unspecified atom stereocenters. The fourth-order valence-corrected chi connectivity index (χ4v) is 2.85. The van der Waals surface area contributed by atoms with Crippen molar-refractivity contribution in [3.63, 3.8) is 0 Å². The molecule has 20 heavy (non-hydrogen) atoms. The maximum Gasteiger partial charge on any atom is 0.416 e. The predicted octanol–water partition coefficient (Wildman–Crippen LogP) is 3.58. The summed E-state index contributed by atoms with van der Waals surface area (Å²) >= 11 is 0. The minimum atomic E-state index is -4.30. The van der Waals surface area contributed by atoms with E-state index in [1.807, 2.05) is 11.8 Å². The van der Waals surface area contributed by atoms with Gasteiger partial charge in [-0.25, -0.2) is 0 Å². The molecular weight excluding hydrogens is 265 g/mol. The molecule has 0 saturated carbocycles. The maximum absolute atomic E-state index is 13.0. The number of rotatable bonds is 1. The number of benzene rings is 1. The van der Waals surface area contributed by atoms with Crippen LogP contribution in [0.3, 0.4) is 0 Å². The van der Waals surface area contributed by atoms with Gasteiger partial charge in [0.05, 0.1) is 5.56 Å².